The molecule has 0 aliphatic rings. The van der Waals surface area contributed by atoms with E-state index in [1.165, 1.54) is 0 Å². The molecule has 1 aromatic heterocycles. The van der Waals surface area contributed by atoms with E-state index in [4.69, 9.17) is 16.3 Å². The van der Waals surface area contributed by atoms with Crippen LogP contribution in [0.25, 0.3) is 0 Å². The lowest BCUT2D eigenvalue weighted by Gasteiger charge is -2.17. The zero-order valence-electron chi connectivity index (χ0n) is 9.11. The maximum atomic E-state index is 5.68. The number of halogens is 1. The van der Waals surface area contributed by atoms with Crippen molar-refractivity contribution in [3.63, 3.8) is 0 Å². The van der Waals surface area contributed by atoms with Gasteiger partial charge in [-0.05, 0) is 6.92 Å². The van der Waals surface area contributed by atoms with E-state index in [1.54, 1.807) is 12.4 Å². The topological polar surface area (TPSA) is 38.2 Å². The molecule has 0 spiro atoms. The second-order valence-electron chi connectivity index (χ2n) is 3.12. The molecular formula is C10H16ClN3O. The van der Waals surface area contributed by atoms with E-state index in [2.05, 4.69) is 9.97 Å². The number of alkyl halides is 1. The Balaban J connectivity index is 2.52. The lowest BCUT2D eigenvalue weighted by Crippen LogP contribution is -2.23. The Morgan fingerprint density at radius 1 is 1.47 bits per heavy atom. The van der Waals surface area contributed by atoms with Crippen LogP contribution < -0.4 is 4.90 Å². The highest BCUT2D eigenvalue weighted by Crippen LogP contribution is 2.08. The summed E-state index contributed by atoms with van der Waals surface area (Å²) in [4.78, 5) is 10.4. The van der Waals surface area contributed by atoms with Crippen LogP contribution in [0.4, 0.5) is 5.82 Å². The predicted octanol–water partition coefficient (Wildman–Crippen LogP) is 1.69. The molecule has 0 amide bonds. The largest absolute Gasteiger partial charge is 0.380 e. The first-order valence-electron chi connectivity index (χ1n) is 4.93. The minimum Gasteiger partial charge on any atom is -0.380 e. The first-order valence-corrected chi connectivity index (χ1v) is 5.47. The predicted molar refractivity (Wildman–Crippen MR) is 61.4 cm³/mol. The van der Waals surface area contributed by atoms with E-state index >= 15 is 0 Å². The van der Waals surface area contributed by atoms with E-state index in [-0.39, 0.29) is 0 Å². The normalized spacial score (nSPS) is 10.3. The zero-order valence-corrected chi connectivity index (χ0v) is 9.87. The molecule has 0 aromatic carbocycles. The number of likely N-dealkylation sites (N-methyl/N-ethyl adjacent to an activating group) is 1. The molecule has 0 aliphatic carbocycles. The van der Waals surface area contributed by atoms with Gasteiger partial charge in [0, 0.05) is 26.4 Å². The second-order valence-corrected chi connectivity index (χ2v) is 3.39. The van der Waals surface area contributed by atoms with Crippen molar-refractivity contribution in [3.8, 4) is 0 Å². The molecule has 0 saturated carbocycles. The van der Waals surface area contributed by atoms with Crippen molar-refractivity contribution in [1.29, 1.82) is 0 Å². The van der Waals surface area contributed by atoms with Crippen molar-refractivity contribution >= 4 is 17.4 Å². The molecule has 0 radical (unpaired) electrons. The summed E-state index contributed by atoms with van der Waals surface area (Å²) in [6.07, 6.45) is 3.40. The maximum Gasteiger partial charge on any atom is 0.147 e. The van der Waals surface area contributed by atoms with Crippen LogP contribution in [0.1, 0.15) is 12.6 Å². The van der Waals surface area contributed by atoms with Gasteiger partial charge in [-0.25, -0.2) is 4.98 Å². The molecule has 0 bridgehead atoms. The van der Waals surface area contributed by atoms with Crippen LogP contribution in [-0.2, 0) is 10.6 Å². The number of rotatable bonds is 6. The molecule has 0 unspecified atom stereocenters. The molecule has 0 atom stereocenters. The third kappa shape index (κ3) is 4.01. The standard InChI is InChI=1S/C10H16ClN3O/c1-3-15-5-4-14(2)10-8-12-7-9(6-11)13-10/h7-8H,3-6H2,1-2H3. The Hall–Kier alpha value is -0.870. The summed E-state index contributed by atoms with van der Waals surface area (Å²) in [5.41, 5.74) is 0.789. The smallest absolute Gasteiger partial charge is 0.147 e. The van der Waals surface area contributed by atoms with Crippen LogP contribution in [0.15, 0.2) is 12.4 Å². The molecule has 1 heterocycles. The lowest BCUT2D eigenvalue weighted by atomic mass is 10.4. The van der Waals surface area contributed by atoms with Crippen LogP contribution in [0.2, 0.25) is 0 Å². The summed E-state index contributed by atoms with van der Waals surface area (Å²) >= 11 is 5.68. The Kier molecular flexibility index (Phi) is 5.36. The number of ether oxygens (including phenoxy) is 1. The summed E-state index contributed by atoms with van der Waals surface area (Å²) in [6.45, 7) is 4.21. The quantitative estimate of drug-likeness (QED) is 0.550. The van der Waals surface area contributed by atoms with Gasteiger partial charge in [0.15, 0.2) is 0 Å². The van der Waals surface area contributed by atoms with Crippen LogP contribution >= 0.6 is 11.6 Å². The Morgan fingerprint density at radius 2 is 2.27 bits per heavy atom. The third-order valence-electron chi connectivity index (χ3n) is 1.97. The van der Waals surface area contributed by atoms with Gasteiger partial charge in [-0.3, -0.25) is 4.98 Å². The summed E-state index contributed by atoms with van der Waals surface area (Å²) in [5, 5.41) is 0. The van der Waals surface area contributed by atoms with Crippen LogP contribution in [0.3, 0.4) is 0 Å². The molecule has 1 rings (SSSR count). The fraction of sp³-hybridized carbons (Fsp3) is 0.600. The number of hydrogen-bond donors (Lipinski definition) is 0. The first kappa shape index (κ1) is 12.2. The van der Waals surface area contributed by atoms with Crippen LogP contribution in [0, 0.1) is 0 Å². The Labute approximate surface area is 95.2 Å². The van der Waals surface area contributed by atoms with E-state index in [0.29, 0.717) is 12.5 Å². The summed E-state index contributed by atoms with van der Waals surface area (Å²) in [6, 6.07) is 0. The van der Waals surface area contributed by atoms with Gasteiger partial charge in [0.1, 0.15) is 5.82 Å². The van der Waals surface area contributed by atoms with Crippen LogP contribution in [0.5, 0.6) is 0 Å². The Morgan fingerprint density at radius 3 is 2.93 bits per heavy atom. The number of aromatic nitrogens is 2. The average molecular weight is 230 g/mol. The molecule has 0 aliphatic heterocycles. The van der Waals surface area contributed by atoms with Gasteiger partial charge >= 0.3 is 0 Å². The van der Waals surface area contributed by atoms with Gasteiger partial charge < -0.3 is 9.64 Å². The zero-order chi connectivity index (χ0) is 11.1. The minimum atomic E-state index is 0.389. The van der Waals surface area contributed by atoms with E-state index in [0.717, 1.165) is 24.7 Å². The molecule has 15 heavy (non-hydrogen) atoms. The monoisotopic (exact) mass is 229 g/mol. The highest BCUT2D eigenvalue weighted by Gasteiger charge is 2.03. The van der Waals surface area contributed by atoms with Gasteiger partial charge in [0.05, 0.1) is 24.4 Å². The molecular weight excluding hydrogens is 214 g/mol. The fourth-order valence-corrected chi connectivity index (χ4v) is 1.23. The second kappa shape index (κ2) is 6.58. The van der Waals surface area contributed by atoms with Crippen molar-refractivity contribution in [2.24, 2.45) is 0 Å². The van der Waals surface area contributed by atoms with Crippen molar-refractivity contribution in [2.75, 3.05) is 31.7 Å². The molecule has 4 nitrogen and oxygen atoms in total. The molecule has 0 N–H and O–H groups in total. The van der Waals surface area contributed by atoms with E-state index < -0.39 is 0 Å². The van der Waals surface area contributed by atoms with Crippen molar-refractivity contribution in [1.82, 2.24) is 9.97 Å². The fourth-order valence-electron chi connectivity index (χ4n) is 1.10. The summed E-state index contributed by atoms with van der Waals surface area (Å²) in [7, 11) is 1.96. The van der Waals surface area contributed by atoms with Crippen molar-refractivity contribution in [3.05, 3.63) is 18.1 Å². The molecule has 5 heteroatoms. The molecule has 0 saturated heterocycles. The highest BCUT2D eigenvalue weighted by atomic mass is 35.5. The number of nitrogens with zero attached hydrogens (tertiary/aromatic N) is 3. The number of anilines is 1. The maximum absolute atomic E-state index is 5.68. The van der Waals surface area contributed by atoms with E-state index in [1.807, 2.05) is 18.9 Å². The average Bonchev–Trinajstić information content (AvgIpc) is 2.29. The molecule has 0 fully saturated rings. The summed E-state index contributed by atoms with van der Waals surface area (Å²) < 4.78 is 5.27. The van der Waals surface area contributed by atoms with E-state index in [9.17, 15) is 0 Å². The van der Waals surface area contributed by atoms with Gasteiger partial charge in [-0.15, -0.1) is 11.6 Å². The third-order valence-corrected chi connectivity index (χ3v) is 2.25. The molecule has 84 valence electrons. The molecule has 1 aromatic rings. The van der Waals surface area contributed by atoms with Gasteiger partial charge in [0.25, 0.3) is 0 Å². The minimum absolute atomic E-state index is 0.389. The SMILES string of the molecule is CCOCCN(C)c1cncc(CCl)n1. The van der Waals surface area contributed by atoms with Gasteiger partial charge in [-0.1, -0.05) is 0 Å². The lowest BCUT2D eigenvalue weighted by molar-refractivity contribution is 0.154. The van der Waals surface area contributed by atoms with Gasteiger partial charge in [0.2, 0.25) is 0 Å². The van der Waals surface area contributed by atoms with Crippen molar-refractivity contribution in [2.45, 2.75) is 12.8 Å². The van der Waals surface area contributed by atoms with Crippen molar-refractivity contribution < 1.29 is 4.74 Å². The summed E-state index contributed by atoms with van der Waals surface area (Å²) in [5.74, 6) is 1.22. The van der Waals surface area contributed by atoms with Crippen LogP contribution in [-0.4, -0.2) is 36.8 Å². The first-order chi connectivity index (χ1) is 7.27. The highest BCUT2D eigenvalue weighted by molar-refractivity contribution is 6.16. The Bertz CT molecular complexity index is 296. The van der Waals surface area contributed by atoms with Gasteiger partial charge in [-0.2, -0.15) is 0 Å². The number of hydrogen-bond acceptors (Lipinski definition) is 4.